The van der Waals surface area contributed by atoms with Gasteiger partial charge in [0.25, 0.3) is 0 Å². The van der Waals surface area contributed by atoms with Gasteiger partial charge < -0.3 is 4.90 Å². The van der Waals surface area contributed by atoms with Crippen LogP contribution >= 0.6 is 0 Å². The van der Waals surface area contributed by atoms with E-state index in [4.69, 9.17) is 0 Å². The van der Waals surface area contributed by atoms with Crippen LogP contribution in [0.25, 0.3) is 77.2 Å². The van der Waals surface area contributed by atoms with Gasteiger partial charge in [0.15, 0.2) is 0 Å². The summed E-state index contributed by atoms with van der Waals surface area (Å²) in [6.45, 7) is 19.0. The van der Waals surface area contributed by atoms with Crippen molar-refractivity contribution in [2.45, 2.75) is 77.0 Å². The molecule has 14 rings (SSSR count). The topological polar surface area (TPSA) is 3.24 Å². The van der Waals surface area contributed by atoms with Gasteiger partial charge in [-0.2, -0.15) is 0 Å². The number of hydrogen-bond acceptors (Lipinski definition) is 1. The number of benzene rings is 11. The Morgan fingerprint density at radius 2 is 0.853 bits per heavy atom. The summed E-state index contributed by atoms with van der Waals surface area (Å²) in [6, 6.07) is 85.9. The highest BCUT2D eigenvalue weighted by atomic mass is 15.1. The van der Waals surface area contributed by atoms with Crippen LogP contribution in [0.2, 0.25) is 0 Å². The Morgan fingerprint density at radius 1 is 0.320 bits per heavy atom. The summed E-state index contributed by atoms with van der Waals surface area (Å²) < 4.78 is 0. The van der Waals surface area contributed by atoms with E-state index in [1.54, 1.807) is 0 Å². The Morgan fingerprint density at radius 3 is 1.55 bits per heavy atom. The lowest BCUT2D eigenvalue weighted by Crippen LogP contribution is -2.33. The molecule has 0 radical (unpaired) electrons. The summed E-state index contributed by atoms with van der Waals surface area (Å²) in [6.07, 6.45) is 0. The van der Waals surface area contributed by atoms with Crippen molar-refractivity contribution in [2.24, 2.45) is 0 Å². The predicted octanol–water partition coefficient (Wildman–Crippen LogP) is 20.0. The number of fused-ring (bicyclic) bond motifs is 14. The molecule has 0 heterocycles. The zero-order valence-corrected chi connectivity index (χ0v) is 44.3. The molecule has 1 heteroatoms. The molecule has 0 aliphatic heterocycles. The molecule has 362 valence electrons. The van der Waals surface area contributed by atoms with Gasteiger partial charge in [-0.1, -0.05) is 243 Å². The molecular weight excluding hydrogens is 903 g/mol. The Bertz CT molecular complexity index is 4160. The first-order valence-electron chi connectivity index (χ1n) is 26.9. The molecule has 1 unspecified atom stereocenters. The normalized spacial score (nSPS) is 15.6. The second-order valence-corrected chi connectivity index (χ2v) is 24.0. The standard InChI is InChI=1S/C74H61N/c1-71(2,3)60-40-39-58-69-56-29-16-15-28-53(56)64(72(4,5)6)45-67(69)74(63-33-21-30-57(60)70(58)63)62-32-20-18-27-52(62)55-38-36-50(44-66(55)74)75(49-35-37-54-51-26-17-19-31-61(51)73(7,8)65(54)43-49)68-41-34-48(46-22-11-9-12-23-46)42-59(68)47-24-13-10-14-25-47/h9-45H,1-8H3. The highest BCUT2D eigenvalue weighted by Gasteiger charge is 2.51. The highest BCUT2D eigenvalue weighted by Crippen LogP contribution is 2.65. The molecule has 75 heavy (non-hydrogen) atoms. The zero-order chi connectivity index (χ0) is 51.2. The molecule has 0 aromatic heterocycles. The Balaban J connectivity index is 1.12. The molecule has 0 amide bonds. The molecule has 1 spiro atoms. The van der Waals surface area contributed by atoms with Crippen LogP contribution in [0.3, 0.4) is 0 Å². The van der Waals surface area contributed by atoms with Gasteiger partial charge in [0.05, 0.1) is 11.1 Å². The number of rotatable bonds is 5. The molecule has 0 saturated heterocycles. The van der Waals surface area contributed by atoms with Crippen molar-refractivity contribution in [3.05, 3.63) is 269 Å². The molecule has 0 bridgehead atoms. The van der Waals surface area contributed by atoms with Crippen LogP contribution in [0.5, 0.6) is 0 Å². The van der Waals surface area contributed by atoms with Gasteiger partial charge in [-0.3, -0.25) is 0 Å². The lowest BCUT2D eigenvalue weighted by molar-refractivity contribution is 0.593. The van der Waals surface area contributed by atoms with Crippen molar-refractivity contribution in [3.63, 3.8) is 0 Å². The third kappa shape index (κ3) is 6.50. The maximum Gasteiger partial charge on any atom is 0.0726 e. The molecule has 3 aliphatic rings. The fourth-order valence-corrected chi connectivity index (χ4v) is 13.9. The third-order valence-electron chi connectivity index (χ3n) is 17.3. The average Bonchev–Trinajstić information content (AvgIpc) is 3.87. The minimum Gasteiger partial charge on any atom is -0.310 e. The number of hydrogen-bond donors (Lipinski definition) is 0. The van der Waals surface area contributed by atoms with Crippen LogP contribution < -0.4 is 4.90 Å². The molecule has 11 aromatic rings. The van der Waals surface area contributed by atoms with Gasteiger partial charge in [-0.05, 0) is 163 Å². The van der Waals surface area contributed by atoms with Crippen molar-refractivity contribution in [3.8, 4) is 55.6 Å². The van der Waals surface area contributed by atoms with E-state index in [0.29, 0.717) is 0 Å². The maximum absolute atomic E-state index is 2.63. The molecular formula is C74H61N. The first-order chi connectivity index (χ1) is 36.2. The third-order valence-corrected chi connectivity index (χ3v) is 17.3. The molecule has 3 aliphatic carbocycles. The first kappa shape index (κ1) is 45.4. The van der Waals surface area contributed by atoms with Gasteiger partial charge in [0.2, 0.25) is 0 Å². The van der Waals surface area contributed by atoms with Crippen molar-refractivity contribution in [1.29, 1.82) is 0 Å². The molecule has 11 aromatic carbocycles. The van der Waals surface area contributed by atoms with Crippen LogP contribution in [-0.2, 0) is 21.7 Å². The maximum atomic E-state index is 2.63. The van der Waals surface area contributed by atoms with Crippen LogP contribution in [0.15, 0.2) is 224 Å². The van der Waals surface area contributed by atoms with E-state index in [1.165, 1.54) is 122 Å². The van der Waals surface area contributed by atoms with Gasteiger partial charge in [-0.15, -0.1) is 0 Å². The Labute approximate surface area is 442 Å². The summed E-state index contributed by atoms with van der Waals surface area (Å²) in [4.78, 5) is 2.57. The first-order valence-corrected chi connectivity index (χ1v) is 26.9. The smallest absolute Gasteiger partial charge is 0.0726 e. The van der Waals surface area contributed by atoms with Gasteiger partial charge in [0, 0.05) is 22.4 Å². The molecule has 1 nitrogen and oxygen atoms in total. The van der Waals surface area contributed by atoms with Crippen LogP contribution in [-0.4, -0.2) is 0 Å². The van der Waals surface area contributed by atoms with Gasteiger partial charge in [-0.25, -0.2) is 0 Å². The van der Waals surface area contributed by atoms with Gasteiger partial charge >= 0.3 is 0 Å². The second kappa shape index (κ2) is 16.1. The molecule has 0 N–H and O–H groups in total. The Kier molecular flexibility index (Phi) is 9.75. The van der Waals surface area contributed by atoms with Crippen molar-refractivity contribution >= 4 is 38.6 Å². The lowest BCUT2D eigenvalue weighted by atomic mass is 9.59. The molecule has 0 fully saturated rings. The molecule has 0 saturated carbocycles. The fourth-order valence-electron chi connectivity index (χ4n) is 13.9. The zero-order valence-electron chi connectivity index (χ0n) is 44.3. The fraction of sp³-hybridized carbons (Fsp3) is 0.162. The van der Waals surface area contributed by atoms with E-state index in [0.717, 1.165) is 17.1 Å². The lowest BCUT2D eigenvalue weighted by Gasteiger charge is -2.42. The number of nitrogens with zero attached hydrogens (tertiary/aromatic N) is 1. The van der Waals surface area contributed by atoms with Crippen molar-refractivity contribution in [2.75, 3.05) is 4.90 Å². The second-order valence-electron chi connectivity index (χ2n) is 24.0. The van der Waals surface area contributed by atoms with E-state index >= 15 is 0 Å². The average molecular weight is 964 g/mol. The number of anilines is 3. The summed E-state index contributed by atoms with van der Waals surface area (Å²) in [5.41, 5.74) is 25.8. The summed E-state index contributed by atoms with van der Waals surface area (Å²) in [7, 11) is 0. The quantitative estimate of drug-likeness (QED) is 0.166. The van der Waals surface area contributed by atoms with Crippen LogP contribution in [0.4, 0.5) is 17.1 Å². The van der Waals surface area contributed by atoms with E-state index < -0.39 is 5.41 Å². The van der Waals surface area contributed by atoms with E-state index in [1.807, 2.05) is 0 Å². The summed E-state index contributed by atoms with van der Waals surface area (Å²) in [5, 5.41) is 5.34. The monoisotopic (exact) mass is 963 g/mol. The van der Waals surface area contributed by atoms with E-state index in [-0.39, 0.29) is 16.2 Å². The summed E-state index contributed by atoms with van der Waals surface area (Å²) in [5.74, 6) is 0. The SMILES string of the molecule is CC(C)(C)c1cc2c(c3ccccc13)-c1ccc(C(C)(C)C)c3cccc(c13)C21c2ccccc2-c2ccc(N(c3ccc4c(c3)C(C)(C)c3ccccc3-4)c3ccc(-c4ccccc4)cc3-c3ccccc3)cc21. The highest BCUT2D eigenvalue weighted by molar-refractivity contribution is 6.15. The van der Waals surface area contributed by atoms with Crippen molar-refractivity contribution < 1.29 is 0 Å². The Hall–Kier alpha value is -8.26. The summed E-state index contributed by atoms with van der Waals surface area (Å²) >= 11 is 0. The minimum absolute atomic E-state index is 0.0692. The largest absolute Gasteiger partial charge is 0.310 e. The van der Waals surface area contributed by atoms with Crippen LogP contribution in [0, 0.1) is 0 Å². The minimum atomic E-state index is -0.656. The van der Waals surface area contributed by atoms with Gasteiger partial charge in [0.1, 0.15) is 0 Å². The van der Waals surface area contributed by atoms with E-state index in [9.17, 15) is 0 Å². The molecule has 1 atom stereocenters. The van der Waals surface area contributed by atoms with E-state index in [2.05, 4.69) is 285 Å². The predicted molar refractivity (Wildman–Crippen MR) is 318 cm³/mol. The van der Waals surface area contributed by atoms with Crippen molar-refractivity contribution in [1.82, 2.24) is 0 Å². The van der Waals surface area contributed by atoms with Crippen LogP contribution in [0.1, 0.15) is 99.9 Å².